The summed E-state index contributed by atoms with van der Waals surface area (Å²) in [5.74, 6) is -0.527. The summed E-state index contributed by atoms with van der Waals surface area (Å²) in [7, 11) is 0. The van der Waals surface area contributed by atoms with Crippen molar-refractivity contribution in [3.8, 4) is 11.1 Å². The predicted molar refractivity (Wildman–Crippen MR) is 114 cm³/mol. The van der Waals surface area contributed by atoms with Crippen molar-refractivity contribution in [3.05, 3.63) is 60.0 Å². The van der Waals surface area contributed by atoms with Gasteiger partial charge in [0.05, 0.1) is 5.52 Å². The van der Waals surface area contributed by atoms with Crippen LogP contribution in [-0.2, 0) is 6.54 Å². The van der Waals surface area contributed by atoms with Gasteiger partial charge in [0.1, 0.15) is 5.69 Å². The Balaban J connectivity index is 1.66. The molecule has 0 unspecified atom stereocenters. The smallest absolute Gasteiger partial charge is 0.267 e. The summed E-state index contributed by atoms with van der Waals surface area (Å²) >= 11 is 0. The molecule has 0 aliphatic heterocycles. The van der Waals surface area contributed by atoms with Crippen LogP contribution in [0.1, 0.15) is 55.1 Å². The van der Waals surface area contributed by atoms with E-state index in [1.54, 1.807) is 18.5 Å². The summed E-state index contributed by atoms with van der Waals surface area (Å²) in [6, 6.07) is 11.9. The van der Waals surface area contributed by atoms with Gasteiger partial charge in [0.25, 0.3) is 5.91 Å². The zero-order valence-corrected chi connectivity index (χ0v) is 16.4. The molecule has 5 nitrogen and oxygen atoms in total. The number of hydrogen-bond donors (Lipinski definition) is 2. The number of primary amides is 1. The van der Waals surface area contributed by atoms with Crippen LogP contribution in [0.2, 0.25) is 0 Å². The number of carbonyl (C=O) groups excluding carboxylic acids is 1. The van der Waals surface area contributed by atoms with Crippen LogP contribution < -0.4 is 11.1 Å². The molecule has 3 aromatic rings. The van der Waals surface area contributed by atoms with Gasteiger partial charge in [-0.05, 0) is 36.2 Å². The number of pyridine rings is 2. The highest BCUT2D eigenvalue weighted by molar-refractivity contribution is 5.97. The molecule has 1 amide bonds. The predicted octanol–water partition coefficient (Wildman–Crippen LogP) is 4.46. The highest BCUT2D eigenvalue weighted by Crippen LogP contribution is 2.26. The van der Waals surface area contributed by atoms with Gasteiger partial charge >= 0.3 is 0 Å². The summed E-state index contributed by atoms with van der Waals surface area (Å²) in [4.78, 5) is 20.2. The van der Waals surface area contributed by atoms with Gasteiger partial charge in [-0.3, -0.25) is 9.78 Å². The maximum absolute atomic E-state index is 11.5. The number of rotatable bonds is 10. The highest BCUT2D eigenvalue weighted by Gasteiger charge is 2.09. The zero-order valence-electron chi connectivity index (χ0n) is 16.4. The molecule has 0 aliphatic carbocycles. The molecule has 2 heterocycles. The third-order valence-corrected chi connectivity index (χ3v) is 4.90. The van der Waals surface area contributed by atoms with Crippen molar-refractivity contribution in [2.45, 2.75) is 45.6 Å². The highest BCUT2D eigenvalue weighted by atomic mass is 16.1. The third-order valence-electron chi connectivity index (χ3n) is 4.90. The minimum atomic E-state index is -0.527. The van der Waals surface area contributed by atoms with E-state index in [9.17, 15) is 4.79 Å². The van der Waals surface area contributed by atoms with E-state index in [0.29, 0.717) is 0 Å². The van der Waals surface area contributed by atoms with Crippen LogP contribution >= 0.6 is 0 Å². The summed E-state index contributed by atoms with van der Waals surface area (Å²) in [6.45, 7) is 4.16. The van der Waals surface area contributed by atoms with Crippen LogP contribution in [0.3, 0.4) is 0 Å². The largest absolute Gasteiger partial charge is 0.364 e. The van der Waals surface area contributed by atoms with E-state index in [2.05, 4.69) is 46.5 Å². The molecule has 0 fully saturated rings. The molecular weight excluding hydrogens is 348 g/mol. The van der Waals surface area contributed by atoms with Gasteiger partial charge in [-0.1, -0.05) is 56.9 Å². The van der Waals surface area contributed by atoms with Crippen molar-refractivity contribution in [3.63, 3.8) is 0 Å². The van der Waals surface area contributed by atoms with Crippen LogP contribution in [0.4, 0.5) is 0 Å². The lowest BCUT2D eigenvalue weighted by Gasteiger charge is -2.09. The normalized spacial score (nSPS) is 11.0. The molecule has 3 rings (SSSR count). The molecule has 2 aromatic heterocycles. The number of fused-ring (bicyclic) bond motifs is 1. The van der Waals surface area contributed by atoms with E-state index in [1.165, 1.54) is 37.7 Å². The Morgan fingerprint density at radius 3 is 2.54 bits per heavy atom. The minimum absolute atomic E-state index is 0.264. The Morgan fingerprint density at radius 2 is 1.79 bits per heavy atom. The second-order valence-corrected chi connectivity index (χ2v) is 7.11. The van der Waals surface area contributed by atoms with Gasteiger partial charge < -0.3 is 11.1 Å². The Bertz CT molecular complexity index is 922. The van der Waals surface area contributed by atoms with Gasteiger partial charge in [-0.15, -0.1) is 0 Å². The topological polar surface area (TPSA) is 80.9 Å². The van der Waals surface area contributed by atoms with E-state index >= 15 is 0 Å². The molecule has 0 radical (unpaired) electrons. The first kappa shape index (κ1) is 20.0. The van der Waals surface area contributed by atoms with Crippen molar-refractivity contribution < 1.29 is 4.79 Å². The summed E-state index contributed by atoms with van der Waals surface area (Å²) in [6.07, 6.45) is 10.0. The SMILES string of the molecule is CCCCCCCNCc1ccc(-c2cncc3ccc(C(N)=O)nc23)cc1. The number of aromatic nitrogens is 2. The van der Waals surface area contributed by atoms with Crippen molar-refractivity contribution in [1.29, 1.82) is 0 Å². The van der Waals surface area contributed by atoms with Crippen LogP contribution in [0, 0.1) is 0 Å². The number of benzene rings is 1. The monoisotopic (exact) mass is 376 g/mol. The number of nitrogens with two attached hydrogens (primary N) is 1. The Morgan fingerprint density at radius 1 is 1.00 bits per heavy atom. The second kappa shape index (κ2) is 9.95. The lowest BCUT2D eigenvalue weighted by Crippen LogP contribution is -2.14. The van der Waals surface area contributed by atoms with Crippen LogP contribution in [0.15, 0.2) is 48.8 Å². The van der Waals surface area contributed by atoms with Gasteiger partial charge in [-0.25, -0.2) is 4.98 Å². The van der Waals surface area contributed by atoms with E-state index < -0.39 is 5.91 Å². The first-order valence-electron chi connectivity index (χ1n) is 10.0. The maximum atomic E-state index is 11.5. The maximum Gasteiger partial charge on any atom is 0.267 e. The van der Waals surface area contributed by atoms with E-state index in [1.807, 2.05) is 6.07 Å². The third kappa shape index (κ3) is 5.14. The second-order valence-electron chi connectivity index (χ2n) is 7.11. The van der Waals surface area contributed by atoms with Crippen LogP contribution in [-0.4, -0.2) is 22.4 Å². The molecule has 5 heteroatoms. The number of nitrogens with one attached hydrogen (secondary N) is 1. The van der Waals surface area contributed by atoms with Crippen molar-refractivity contribution in [2.75, 3.05) is 6.54 Å². The Hall–Kier alpha value is -2.79. The average molecular weight is 377 g/mol. The van der Waals surface area contributed by atoms with Crippen molar-refractivity contribution in [1.82, 2.24) is 15.3 Å². The molecule has 28 heavy (non-hydrogen) atoms. The molecule has 0 atom stereocenters. The number of hydrogen-bond acceptors (Lipinski definition) is 4. The molecule has 1 aromatic carbocycles. The van der Waals surface area contributed by atoms with Gasteiger partial charge in [0.2, 0.25) is 0 Å². The summed E-state index contributed by atoms with van der Waals surface area (Å²) < 4.78 is 0. The van der Waals surface area contributed by atoms with Gasteiger partial charge in [-0.2, -0.15) is 0 Å². The molecule has 0 aliphatic rings. The first-order valence-corrected chi connectivity index (χ1v) is 10.0. The van der Waals surface area contributed by atoms with Crippen molar-refractivity contribution >= 4 is 16.8 Å². The molecule has 146 valence electrons. The van der Waals surface area contributed by atoms with E-state index in [0.717, 1.165) is 35.1 Å². The molecule has 3 N–H and O–H groups in total. The summed E-state index contributed by atoms with van der Waals surface area (Å²) in [5.41, 5.74) is 9.55. The number of nitrogens with zero attached hydrogens (tertiary/aromatic N) is 2. The fourth-order valence-corrected chi connectivity index (χ4v) is 3.28. The van der Waals surface area contributed by atoms with Gasteiger partial charge in [0.15, 0.2) is 0 Å². The molecule has 0 spiro atoms. The minimum Gasteiger partial charge on any atom is -0.364 e. The zero-order chi connectivity index (χ0) is 19.8. The lowest BCUT2D eigenvalue weighted by molar-refractivity contribution is 0.0996. The summed E-state index contributed by atoms with van der Waals surface area (Å²) in [5, 5.41) is 4.40. The van der Waals surface area contributed by atoms with Gasteiger partial charge in [0, 0.05) is 29.9 Å². The van der Waals surface area contributed by atoms with E-state index in [4.69, 9.17) is 5.73 Å². The molecule has 0 bridgehead atoms. The fourth-order valence-electron chi connectivity index (χ4n) is 3.28. The molecular formula is C23H28N4O. The fraction of sp³-hybridized carbons (Fsp3) is 0.348. The standard InChI is InChI=1S/C23H28N4O/c1-2-3-4-5-6-13-25-14-17-7-9-18(10-8-17)20-16-26-15-19-11-12-21(23(24)28)27-22(19)20/h7-12,15-16,25H,2-6,13-14H2,1H3,(H2,24,28). The Labute approximate surface area is 166 Å². The molecule has 0 saturated heterocycles. The quantitative estimate of drug-likeness (QED) is 0.512. The number of unbranched alkanes of at least 4 members (excludes halogenated alkanes) is 4. The number of carbonyl (C=O) groups is 1. The lowest BCUT2D eigenvalue weighted by atomic mass is 10.0. The number of amides is 1. The molecule has 0 saturated carbocycles. The average Bonchev–Trinajstić information content (AvgIpc) is 2.72. The van der Waals surface area contributed by atoms with Crippen LogP contribution in [0.5, 0.6) is 0 Å². The first-order chi connectivity index (χ1) is 13.7. The van der Waals surface area contributed by atoms with E-state index in [-0.39, 0.29) is 5.69 Å². The Kier molecular flexibility index (Phi) is 7.09. The van der Waals surface area contributed by atoms with Crippen molar-refractivity contribution in [2.24, 2.45) is 5.73 Å². The van der Waals surface area contributed by atoms with Crippen LogP contribution in [0.25, 0.3) is 22.0 Å².